The van der Waals surface area contributed by atoms with Crippen LogP contribution in [0.4, 0.5) is 5.69 Å². The van der Waals surface area contributed by atoms with Gasteiger partial charge in [-0.2, -0.15) is 0 Å². The van der Waals surface area contributed by atoms with Crippen LogP contribution in [0.15, 0.2) is 30.3 Å². The molecule has 0 fully saturated rings. The highest BCUT2D eigenvalue weighted by atomic mass is 35.5. The van der Waals surface area contributed by atoms with E-state index >= 15 is 0 Å². The molecule has 2 N–H and O–H groups in total. The Hall–Kier alpha value is -0.890. The van der Waals surface area contributed by atoms with Gasteiger partial charge in [0.25, 0.3) is 0 Å². The molecule has 2 aromatic rings. The van der Waals surface area contributed by atoms with E-state index in [1.807, 2.05) is 25.1 Å². The number of rotatable bonds is 1. The van der Waals surface area contributed by atoms with Gasteiger partial charge in [-0.05, 0) is 42.3 Å². The lowest BCUT2D eigenvalue weighted by Crippen LogP contribution is -1.90. The average molecular weight is 287 g/mol. The molecule has 1 nitrogen and oxygen atoms in total. The van der Waals surface area contributed by atoms with E-state index in [4.69, 9.17) is 40.5 Å². The van der Waals surface area contributed by atoms with Gasteiger partial charge in [0.15, 0.2) is 0 Å². The summed E-state index contributed by atoms with van der Waals surface area (Å²) in [6, 6.07) is 9.04. The third kappa shape index (κ3) is 2.52. The van der Waals surface area contributed by atoms with Crippen molar-refractivity contribution in [3.63, 3.8) is 0 Å². The second-order valence-electron chi connectivity index (χ2n) is 3.82. The van der Waals surface area contributed by atoms with E-state index in [-0.39, 0.29) is 0 Å². The zero-order chi connectivity index (χ0) is 12.6. The van der Waals surface area contributed by atoms with Crippen molar-refractivity contribution in [2.45, 2.75) is 6.92 Å². The monoisotopic (exact) mass is 285 g/mol. The van der Waals surface area contributed by atoms with Gasteiger partial charge >= 0.3 is 0 Å². The summed E-state index contributed by atoms with van der Waals surface area (Å²) < 4.78 is 0. The van der Waals surface area contributed by atoms with Crippen LogP contribution in [-0.4, -0.2) is 0 Å². The molecular weight excluding hydrogens is 277 g/mol. The van der Waals surface area contributed by atoms with Gasteiger partial charge in [0, 0.05) is 16.3 Å². The molecule has 0 aromatic heterocycles. The van der Waals surface area contributed by atoms with Crippen LogP contribution >= 0.6 is 34.8 Å². The average Bonchev–Trinajstić information content (AvgIpc) is 2.21. The normalized spacial score (nSPS) is 10.6. The first kappa shape index (κ1) is 12.6. The van der Waals surface area contributed by atoms with Crippen LogP contribution in [0.5, 0.6) is 0 Å². The van der Waals surface area contributed by atoms with Gasteiger partial charge in [-0.1, -0.05) is 40.9 Å². The maximum Gasteiger partial charge on any atom is 0.0514 e. The fourth-order valence-electron chi connectivity index (χ4n) is 1.65. The summed E-state index contributed by atoms with van der Waals surface area (Å²) in [5.74, 6) is 0. The van der Waals surface area contributed by atoms with E-state index in [0.717, 1.165) is 22.4 Å². The number of anilines is 1. The minimum absolute atomic E-state index is 0.524. The Kier molecular flexibility index (Phi) is 3.53. The summed E-state index contributed by atoms with van der Waals surface area (Å²) >= 11 is 18.2. The van der Waals surface area contributed by atoms with Crippen molar-refractivity contribution in [3.05, 3.63) is 51.0 Å². The van der Waals surface area contributed by atoms with Gasteiger partial charge in [0.1, 0.15) is 0 Å². The fourth-order valence-corrected chi connectivity index (χ4v) is 2.68. The number of benzene rings is 2. The molecule has 0 aliphatic rings. The summed E-state index contributed by atoms with van der Waals surface area (Å²) in [6.07, 6.45) is 0. The Balaban J connectivity index is 2.64. The van der Waals surface area contributed by atoms with Crippen LogP contribution in [-0.2, 0) is 0 Å². The molecule has 0 amide bonds. The minimum atomic E-state index is 0.524. The molecule has 0 bridgehead atoms. The number of hydrogen-bond donors (Lipinski definition) is 1. The Labute approximate surface area is 115 Å². The van der Waals surface area contributed by atoms with Crippen LogP contribution in [0.2, 0.25) is 15.1 Å². The first-order chi connectivity index (χ1) is 7.99. The molecule has 0 aliphatic carbocycles. The molecule has 0 unspecified atom stereocenters. The van der Waals surface area contributed by atoms with Crippen molar-refractivity contribution in [1.29, 1.82) is 0 Å². The van der Waals surface area contributed by atoms with Crippen molar-refractivity contribution < 1.29 is 0 Å². The SMILES string of the molecule is Cc1cc(-c2c(Cl)cc(Cl)cc2Cl)ccc1N. The second kappa shape index (κ2) is 4.77. The predicted octanol–water partition coefficient (Wildman–Crippen LogP) is 5.20. The molecule has 4 heteroatoms. The number of hydrogen-bond acceptors (Lipinski definition) is 1. The fraction of sp³-hybridized carbons (Fsp3) is 0.0769. The topological polar surface area (TPSA) is 26.0 Å². The molecule has 17 heavy (non-hydrogen) atoms. The van der Waals surface area contributed by atoms with Gasteiger partial charge in [-0.15, -0.1) is 0 Å². The Morgan fingerprint density at radius 2 is 1.53 bits per heavy atom. The van der Waals surface area contributed by atoms with Gasteiger partial charge in [0.2, 0.25) is 0 Å². The molecule has 0 heterocycles. The lowest BCUT2D eigenvalue weighted by Gasteiger charge is -2.10. The van der Waals surface area contributed by atoms with E-state index in [1.165, 1.54) is 0 Å². The summed E-state index contributed by atoms with van der Waals surface area (Å²) in [7, 11) is 0. The van der Waals surface area contributed by atoms with E-state index < -0.39 is 0 Å². The molecule has 2 aromatic carbocycles. The largest absolute Gasteiger partial charge is 0.399 e. The van der Waals surface area contributed by atoms with Gasteiger partial charge in [-0.3, -0.25) is 0 Å². The Morgan fingerprint density at radius 3 is 2.06 bits per heavy atom. The smallest absolute Gasteiger partial charge is 0.0514 e. The first-order valence-corrected chi connectivity index (χ1v) is 6.13. The van der Waals surface area contributed by atoms with Crippen molar-refractivity contribution in [3.8, 4) is 11.1 Å². The number of nitrogen functional groups attached to an aromatic ring is 1. The number of nitrogens with two attached hydrogens (primary N) is 1. The lowest BCUT2D eigenvalue weighted by molar-refractivity contribution is 1.46. The molecule has 2 rings (SSSR count). The van der Waals surface area contributed by atoms with Crippen LogP contribution in [0, 0.1) is 6.92 Å². The molecular formula is C13H10Cl3N. The van der Waals surface area contributed by atoms with Crippen molar-refractivity contribution >= 4 is 40.5 Å². The number of halogens is 3. The number of aryl methyl sites for hydroxylation is 1. The lowest BCUT2D eigenvalue weighted by atomic mass is 10.0. The maximum absolute atomic E-state index is 6.16. The molecule has 0 spiro atoms. The standard InChI is InChI=1S/C13H10Cl3N/c1-7-4-8(2-3-12(7)17)13-10(15)5-9(14)6-11(13)16/h2-6H,17H2,1H3. The van der Waals surface area contributed by atoms with Crippen LogP contribution < -0.4 is 5.73 Å². The van der Waals surface area contributed by atoms with E-state index in [2.05, 4.69) is 0 Å². The van der Waals surface area contributed by atoms with E-state index in [9.17, 15) is 0 Å². The van der Waals surface area contributed by atoms with Crippen LogP contribution in [0.1, 0.15) is 5.56 Å². The third-order valence-electron chi connectivity index (χ3n) is 2.57. The first-order valence-electron chi connectivity index (χ1n) is 5.00. The molecule has 0 saturated carbocycles. The maximum atomic E-state index is 6.16. The highest BCUT2D eigenvalue weighted by Gasteiger charge is 2.10. The highest BCUT2D eigenvalue weighted by molar-refractivity contribution is 6.41. The summed E-state index contributed by atoms with van der Waals surface area (Å²) in [4.78, 5) is 0. The Morgan fingerprint density at radius 1 is 0.941 bits per heavy atom. The third-order valence-corrected chi connectivity index (χ3v) is 3.38. The zero-order valence-electron chi connectivity index (χ0n) is 9.10. The van der Waals surface area contributed by atoms with Gasteiger partial charge < -0.3 is 5.73 Å². The van der Waals surface area contributed by atoms with Crippen LogP contribution in [0.3, 0.4) is 0 Å². The van der Waals surface area contributed by atoms with E-state index in [1.54, 1.807) is 12.1 Å². The van der Waals surface area contributed by atoms with Gasteiger partial charge in [-0.25, -0.2) is 0 Å². The van der Waals surface area contributed by atoms with Gasteiger partial charge in [0.05, 0.1) is 10.0 Å². The highest BCUT2D eigenvalue weighted by Crippen LogP contribution is 2.37. The zero-order valence-corrected chi connectivity index (χ0v) is 11.4. The molecule has 88 valence electrons. The van der Waals surface area contributed by atoms with E-state index in [0.29, 0.717) is 15.1 Å². The summed E-state index contributed by atoms with van der Waals surface area (Å²) in [5.41, 5.74) is 9.23. The molecule has 0 aliphatic heterocycles. The van der Waals surface area contributed by atoms with Crippen molar-refractivity contribution in [2.24, 2.45) is 0 Å². The predicted molar refractivity (Wildman–Crippen MR) is 76.1 cm³/mol. The quantitative estimate of drug-likeness (QED) is 0.716. The van der Waals surface area contributed by atoms with Crippen LogP contribution in [0.25, 0.3) is 11.1 Å². The minimum Gasteiger partial charge on any atom is -0.399 e. The van der Waals surface area contributed by atoms with Crippen molar-refractivity contribution in [1.82, 2.24) is 0 Å². The molecule has 0 atom stereocenters. The molecule has 0 radical (unpaired) electrons. The van der Waals surface area contributed by atoms with Crippen molar-refractivity contribution in [2.75, 3.05) is 5.73 Å². The Bertz CT molecular complexity index is 556. The summed E-state index contributed by atoms with van der Waals surface area (Å²) in [5, 5.41) is 1.59. The summed E-state index contributed by atoms with van der Waals surface area (Å²) in [6.45, 7) is 1.94. The molecule has 0 saturated heterocycles. The second-order valence-corrected chi connectivity index (χ2v) is 5.07.